The molecule has 7 nitrogen and oxygen atoms in total. The van der Waals surface area contributed by atoms with Crippen molar-refractivity contribution in [2.75, 3.05) is 31.6 Å². The number of urea groups is 1. The number of rotatable bonds is 4. The maximum Gasteiger partial charge on any atom is 0.323 e. The van der Waals surface area contributed by atoms with Gasteiger partial charge in [-0.3, -0.25) is 10.00 Å². The SMILES string of the molecule is Cc1nc(NC(=O)N2CCOCC(n3cccn3)C2)sc1Cc1ccccc1. The number of aryl methyl sites for hydroxylation is 1. The molecule has 1 atom stereocenters. The standard InChI is InChI=1S/C20H23N5O2S/c1-15-18(12-16-6-3-2-4-7-16)28-19(22-15)23-20(26)24-10-11-27-14-17(13-24)25-9-5-8-21-25/h2-9,17H,10-14H2,1H3,(H,22,23,26). The number of nitrogens with zero attached hydrogens (tertiary/aromatic N) is 4. The largest absolute Gasteiger partial charge is 0.377 e. The Kier molecular flexibility index (Phi) is 5.68. The van der Waals surface area contributed by atoms with Gasteiger partial charge in [0.05, 0.1) is 24.9 Å². The van der Waals surface area contributed by atoms with Crippen LogP contribution in [0.4, 0.5) is 9.93 Å². The molecule has 1 N–H and O–H groups in total. The fourth-order valence-electron chi connectivity index (χ4n) is 3.23. The molecule has 28 heavy (non-hydrogen) atoms. The summed E-state index contributed by atoms with van der Waals surface area (Å²) in [7, 11) is 0. The molecule has 0 spiro atoms. The molecule has 2 amide bonds. The van der Waals surface area contributed by atoms with Crippen LogP contribution in [-0.2, 0) is 11.2 Å². The van der Waals surface area contributed by atoms with Crippen molar-refractivity contribution in [3.8, 4) is 0 Å². The minimum absolute atomic E-state index is 0.00919. The summed E-state index contributed by atoms with van der Waals surface area (Å²) < 4.78 is 7.50. The van der Waals surface area contributed by atoms with E-state index in [1.165, 1.54) is 16.9 Å². The van der Waals surface area contributed by atoms with Gasteiger partial charge in [-0.15, -0.1) is 11.3 Å². The van der Waals surface area contributed by atoms with E-state index in [1.807, 2.05) is 42.1 Å². The Hall–Kier alpha value is -2.71. The van der Waals surface area contributed by atoms with Crippen LogP contribution in [0.1, 0.15) is 22.2 Å². The predicted molar refractivity (Wildman–Crippen MR) is 109 cm³/mol. The minimum atomic E-state index is -0.150. The number of carbonyl (C=O) groups is 1. The van der Waals surface area contributed by atoms with E-state index in [0.29, 0.717) is 31.4 Å². The van der Waals surface area contributed by atoms with Gasteiger partial charge in [-0.1, -0.05) is 30.3 Å². The number of anilines is 1. The molecule has 1 aliphatic rings. The highest BCUT2D eigenvalue weighted by Gasteiger charge is 2.24. The van der Waals surface area contributed by atoms with Crippen molar-refractivity contribution in [1.29, 1.82) is 0 Å². The Morgan fingerprint density at radius 2 is 2.18 bits per heavy atom. The third-order valence-corrected chi connectivity index (χ3v) is 5.82. The van der Waals surface area contributed by atoms with Crippen LogP contribution in [0, 0.1) is 6.92 Å². The number of hydrogen-bond acceptors (Lipinski definition) is 5. The van der Waals surface area contributed by atoms with Gasteiger partial charge in [0.25, 0.3) is 0 Å². The molecule has 8 heteroatoms. The highest BCUT2D eigenvalue weighted by atomic mass is 32.1. The van der Waals surface area contributed by atoms with Gasteiger partial charge in [0.2, 0.25) is 0 Å². The molecule has 2 aromatic heterocycles. The van der Waals surface area contributed by atoms with Gasteiger partial charge in [-0.25, -0.2) is 9.78 Å². The van der Waals surface area contributed by atoms with Gasteiger partial charge in [0.1, 0.15) is 0 Å². The molecule has 1 aliphatic heterocycles. The summed E-state index contributed by atoms with van der Waals surface area (Å²) in [5.41, 5.74) is 2.19. The van der Waals surface area contributed by atoms with E-state index in [9.17, 15) is 4.79 Å². The first kappa shape index (κ1) is 18.6. The van der Waals surface area contributed by atoms with Crippen molar-refractivity contribution in [3.05, 3.63) is 64.9 Å². The minimum Gasteiger partial charge on any atom is -0.377 e. The molecule has 3 aromatic rings. The van der Waals surface area contributed by atoms with Gasteiger partial charge in [-0.2, -0.15) is 5.10 Å². The summed E-state index contributed by atoms with van der Waals surface area (Å²) in [6.07, 6.45) is 4.45. The topological polar surface area (TPSA) is 72.3 Å². The van der Waals surface area contributed by atoms with Crippen molar-refractivity contribution in [2.45, 2.75) is 19.4 Å². The molecule has 1 aromatic carbocycles. The van der Waals surface area contributed by atoms with Crippen LogP contribution in [0.3, 0.4) is 0 Å². The molecular weight excluding hydrogens is 374 g/mol. The molecule has 0 saturated carbocycles. The number of amides is 2. The zero-order valence-electron chi connectivity index (χ0n) is 15.7. The number of ether oxygens (including phenoxy) is 1. The maximum absolute atomic E-state index is 12.8. The number of carbonyl (C=O) groups excluding carboxylic acids is 1. The lowest BCUT2D eigenvalue weighted by atomic mass is 10.1. The second-order valence-corrected chi connectivity index (χ2v) is 7.86. The van der Waals surface area contributed by atoms with Gasteiger partial charge >= 0.3 is 6.03 Å². The lowest BCUT2D eigenvalue weighted by molar-refractivity contribution is 0.121. The summed E-state index contributed by atoms with van der Waals surface area (Å²) >= 11 is 1.53. The first-order chi connectivity index (χ1) is 13.7. The average Bonchev–Trinajstić information content (AvgIpc) is 3.27. The molecular formula is C20H23N5O2S. The van der Waals surface area contributed by atoms with Crippen molar-refractivity contribution < 1.29 is 9.53 Å². The normalized spacial score (nSPS) is 17.3. The van der Waals surface area contributed by atoms with Crippen molar-refractivity contribution >= 4 is 22.5 Å². The molecule has 0 aliphatic carbocycles. The van der Waals surface area contributed by atoms with E-state index in [0.717, 1.165) is 17.0 Å². The first-order valence-electron chi connectivity index (χ1n) is 9.32. The lowest BCUT2D eigenvalue weighted by Gasteiger charge is -2.23. The second kappa shape index (κ2) is 8.53. The molecule has 4 rings (SSSR count). The van der Waals surface area contributed by atoms with Crippen molar-refractivity contribution in [3.63, 3.8) is 0 Å². The molecule has 0 radical (unpaired) electrons. The van der Waals surface area contributed by atoms with E-state index >= 15 is 0 Å². The fraction of sp³-hybridized carbons (Fsp3) is 0.350. The van der Waals surface area contributed by atoms with Crippen LogP contribution in [0.15, 0.2) is 48.8 Å². The fourth-order valence-corrected chi connectivity index (χ4v) is 4.22. The summed E-state index contributed by atoms with van der Waals surface area (Å²) in [5, 5.41) is 7.88. The van der Waals surface area contributed by atoms with Crippen molar-refractivity contribution in [1.82, 2.24) is 19.7 Å². The zero-order valence-corrected chi connectivity index (χ0v) is 16.6. The van der Waals surface area contributed by atoms with Crippen LogP contribution in [-0.4, -0.2) is 52.0 Å². The van der Waals surface area contributed by atoms with E-state index in [1.54, 1.807) is 11.1 Å². The quantitative estimate of drug-likeness (QED) is 0.733. The Morgan fingerprint density at radius 3 is 2.96 bits per heavy atom. The van der Waals surface area contributed by atoms with Gasteiger partial charge in [0.15, 0.2) is 5.13 Å². The van der Waals surface area contributed by atoms with E-state index < -0.39 is 0 Å². The third-order valence-electron chi connectivity index (χ3n) is 4.75. The van der Waals surface area contributed by atoms with E-state index in [4.69, 9.17) is 4.74 Å². The molecule has 146 valence electrons. The van der Waals surface area contributed by atoms with E-state index in [-0.39, 0.29) is 12.1 Å². The lowest BCUT2D eigenvalue weighted by Crippen LogP contribution is -2.39. The third kappa shape index (κ3) is 4.40. The predicted octanol–water partition coefficient (Wildman–Crippen LogP) is 3.34. The summed E-state index contributed by atoms with van der Waals surface area (Å²) in [5.74, 6) is 0. The highest BCUT2D eigenvalue weighted by molar-refractivity contribution is 7.15. The van der Waals surface area contributed by atoms with Crippen LogP contribution in [0.25, 0.3) is 0 Å². The Bertz CT molecular complexity index is 910. The monoisotopic (exact) mass is 397 g/mol. The van der Waals surface area contributed by atoms with Crippen LogP contribution < -0.4 is 5.32 Å². The summed E-state index contributed by atoms with van der Waals surface area (Å²) in [6.45, 7) is 4.14. The highest BCUT2D eigenvalue weighted by Crippen LogP contribution is 2.25. The van der Waals surface area contributed by atoms with Crippen LogP contribution in [0.2, 0.25) is 0 Å². The average molecular weight is 398 g/mol. The number of nitrogens with one attached hydrogen (secondary N) is 1. The van der Waals surface area contributed by atoms with Gasteiger partial charge in [0, 0.05) is 36.8 Å². The Labute approximate surface area is 168 Å². The number of hydrogen-bond donors (Lipinski definition) is 1. The smallest absolute Gasteiger partial charge is 0.323 e. The molecule has 3 heterocycles. The van der Waals surface area contributed by atoms with Crippen LogP contribution in [0.5, 0.6) is 0 Å². The summed E-state index contributed by atoms with van der Waals surface area (Å²) in [4.78, 5) is 20.3. The maximum atomic E-state index is 12.8. The number of benzene rings is 1. The number of aromatic nitrogens is 3. The summed E-state index contributed by atoms with van der Waals surface area (Å²) in [6, 6.07) is 12.0. The molecule has 1 unspecified atom stereocenters. The molecule has 0 bridgehead atoms. The molecule has 1 saturated heterocycles. The van der Waals surface area contributed by atoms with Gasteiger partial charge in [-0.05, 0) is 18.6 Å². The number of thiazole rings is 1. The molecule has 1 fully saturated rings. The first-order valence-corrected chi connectivity index (χ1v) is 10.1. The van der Waals surface area contributed by atoms with E-state index in [2.05, 4.69) is 27.5 Å². The van der Waals surface area contributed by atoms with Crippen LogP contribution >= 0.6 is 11.3 Å². The van der Waals surface area contributed by atoms with Crippen molar-refractivity contribution in [2.24, 2.45) is 0 Å². The Morgan fingerprint density at radius 1 is 1.32 bits per heavy atom. The zero-order chi connectivity index (χ0) is 19.3. The Balaban J connectivity index is 1.42. The van der Waals surface area contributed by atoms with Gasteiger partial charge < -0.3 is 9.64 Å². The second-order valence-electron chi connectivity index (χ2n) is 6.78.